The van der Waals surface area contributed by atoms with Gasteiger partial charge >= 0.3 is 0 Å². The predicted molar refractivity (Wildman–Crippen MR) is 102 cm³/mol. The highest BCUT2D eigenvalue weighted by Gasteiger charge is 2.42. The molecule has 0 radical (unpaired) electrons. The summed E-state index contributed by atoms with van der Waals surface area (Å²) in [4.78, 5) is 36.5. The second-order valence-corrected chi connectivity index (χ2v) is 8.03. The molecule has 0 bridgehead atoms. The van der Waals surface area contributed by atoms with Crippen LogP contribution in [0.3, 0.4) is 0 Å². The van der Waals surface area contributed by atoms with Crippen molar-refractivity contribution in [2.24, 2.45) is 5.41 Å². The van der Waals surface area contributed by atoms with Crippen molar-refractivity contribution in [2.45, 2.75) is 39.2 Å². The lowest BCUT2D eigenvalue weighted by molar-refractivity contribution is -0.139. The molecular formula is C21H26N4O2. The number of pyridine rings is 1. The number of carbonyl (C=O) groups excluding carboxylic acids is 2. The summed E-state index contributed by atoms with van der Waals surface area (Å²) in [5, 5.41) is 0. The monoisotopic (exact) mass is 366 g/mol. The molecule has 2 amide bonds. The van der Waals surface area contributed by atoms with Crippen LogP contribution in [0.1, 0.15) is 47.3 Å². The predicted octanol–water partition coefficient (Wildman–Crippen LogP) is 2.76. The van der Waals surface area contributed by atoms with Crippen molar-refractivity contribution in [3.05, 3.63) is 53.6 Å². The molecule has 0 saturated carbocycles. The number of aryl methyl sites for hydroxylation is 1. The van der Waals surface area contributed by atoms with E-state index in [0.717, 1.165) is 43.5 Å². The Kier molecular flexibility index (Phi) is 4.72. The van der Waals surface area contributed by atoms with E-state index in [4.69, 9.17) is 0 Å². The van der Waals surface area contributed by atoms with Gasteiger partial charge in [0, 0.05) is 56.6 Å². The van der Waals surface area contributed by atoms with Crippen LogP contribution in [0.15, 0.2) is 36.8 Å². The lowest BCUT2D eigenvalue weighted by Gasteiger charge is -2.48. The van der Waals surface area contributed by atoms with Gasteiger partial charge in [-0.25, -0.2) is 0 Å². The zero-order valence-corrected chi connectivity index (χ0v) is 15.8. The first kappa shape index (κ1) is 17.8. The van der Waals surface area contributed by atoms with Gasteiger partial charge in [-0.15, -0.1) is 0 Å². The maximum Gasteiger partial charge on any atom is 0.270 e. The van der Waals surface area contributed by atoms with Crippen LogP contribution in [-0.4, -0.2) is 51.2 Å². The number of H-pyrrole nitrogens is 1. The molecular weight excluding hydrogens is 340 g/mol. The van der Waals surface area contributed by atoms with Gasteiger partial charge in [-0.05, 0) is 49.4 Å². The number of hydrogen-bond donors (Lipinski definition) is 1. The van der Waals surface area contributed by atoms with Gasteiger partial charge in [-0.1, -0.05) is 6.07 Å². The Morgan fingerprint density at radius 2 is 2.22 bits per heavy atom. The third kappa shape index (κ3) is 3.75. The van der Waals surface area contributed by atoms with Gasteiger partial charge in [0.2, 0.25) is 5.91 Å². The Labute approximate surface area is 159 Å². The minimum absolute atomic E-state index is 0.00562. The van der Waals surface area contributed by atoms with Crippen LogP contribution in [0, 0.1) is 12.3 Å². The van der Waals surface area contributed by atoms with Crippen molar-refractivity contribution in [2.75, 3.05) is 19.6 Å². The van der Waals surface area contributed by atoms with Crippen LogP contribution >= 0.6 is 0 Å². The Morgan fingerprint density at radius 3 is 2.96 bits per heavy atom. The summed E-state index contributed by atoms with van der Waals surface area (Å²) < 4.78 is 0. The van der Waals surface area contributed by atoms with Crippen LogP contribution < -0.4 is 0 Å². The molecule has 0 aliphatic carbocycles. The SMILES string of the molecule is Cc1c[nH]c(C(=O)N2CCC[C@@]3(CCC(=O)N(Cc4cccnc4)C3)C2)c1. The first-order valence-corrected chi connectivity index (χ1v) is 9.66. The van der Waals surface area contributed by atoms with Gasteiger partial charge in [0.25, 0.3) is 5.91 Å². The molecule has 27 heavy (non-hydrogen) atoms. The molecule has 2 aliphatic rings. The fourth-order valence-corrected chi connectivity index (χ4v) is 4.47. The van der Waals surface area contributed by atoms with Gasteiger partial charge in [0.1, 0.15) is 5.69 Å². The van der Waals surface area contributed by atoms with Crippen LogP contribution in [0.25, 0.3) is 0 Å². The van der Waals surface area contributed by atoms with E-state index in [2.05, 4.69) is 9.97 Å². The van der Waals surface area contributed by atoms with Crippen LogP contribution in [0.4, 0.5) is 0 Å². The minimum atomic E-state index is 0.00562. The molecule has 2 aromatic rings. The molecule has 6 nitrogen and oxygen atoms in total. The third-order valence-electron chi connectivity index (χ3n) is 5.85. The van der Waals surface area contributed by atoms with E-state index in [1.807, 2.05) is 47.3 Å². The topological polar surface area (TPSA) is 69.3 Å². The van der Waals surface area contributed by atoms with Gasteiger partial charge in [0.15, 0.2) is 0 Å². The first-order valence-electron chi connectivity index (χ1n) is 9.66. The summed E-state index contributed by atoms with van der Waals surface area (Å²) in [6.07, 6.45) is 8.90. The van der Waals surface area contributed by atoms with Gasteiger partial charge in [-0.3, -0.25) is 14.6 Å². The molecule has 142 valence electrons. The van der Waals surface area contributed by atoms with Gasteiger partial charge in [-0.2, -0.15) is 0 Å². The van der Waals surface area contributed by atoms with E-state index in [9.17, 15) is 9.59 Å². The molecule has 2 aliphatic heterocycles. The van der Waals surface area contributed by atoms with Crippen molar-refractivity contribution in [1.82, 2.24) is 19.8 Å². The summed E-state index contributed by atoms with van der Waals surface area (Å²) in [6, 6.07) is 5.81. The van der Waals surface area contributed by atoms with E-state index in [0.29, 0.717) is 25.2 Å². The number of nitrogens with zero attached hydrogens (tertiary/aromatic N) is 3. The molecule has 2 aromatic heterocycles. The smallest absolute Gasteiger partial charge is 0.270 e. The molecule has 0 unspecified atom stereocenters. The number of rotatable bonds is 3. The van der Waals surface area contributed by atoms with E-state index in [1.54, 1.807) is 6.20 Å². The van der Waals surface area contributed by atoms with Crippen molar-refractivity contribution < 1.29 is 9.59 Å². The molecule has 4 heterocycles. The Balaban J connectivity index is 1.48. The highest BCUT2D eigenvalue weighted by Crippen LogP contribution is 2.39. The standard InChI is InChI=1S/C21H26N4O2/c1-16-10-18(23-11-16)20(27)24-9-3-6-21(14-24)7-5-19(26)25(15-21)13-17-4-2-8-22-12-17/h2,4,8,10-12,23H,3,5-7,9,13-15H2,1H3/t21-/m1/s1. The van der Waals surface area contributed by atoms with E-state index < -0.39 is 0 Å². The van der Waals surface area contributed by atoms with E-state index >= 15 is 0 Å². The Hall–Kier alpha value is -2.63. The first-order chi connectivity index (χ1) is 13.0. The molecule has 2 fully saturated rings. The zero-order chi connectivity index (χ0) is 18.9. The van der Waals surface area contributed by atoms with Gasteiger partial charge in [0.05, 0.1) is 0 Å². The normalized spacial score (nSPS) is 23.1. The Morgan fingerprint density at radius 1 is 1.33 bits per heavy atom. The average molecular weight is 366 g/mol. The number of aromatic amines is 1. The molecule has 1 N–H and O–H groups in total. The Bertz CT molecular complexity index is 832. The number of piperidine rings is 2. The fraction of sp³-hybridized carbons (Fsp3) is 0.476. The number of carbonyl (C=O) groups is 2. The van der Waals surface area contributed by atoms with Crippen molar-refractivity contribution >= 4 is 11.8 Å². The maximum atomic E-state index is 12.9. The summed E-state index contributed by atoms with van der Waals surface area (Å²) in [5.74, 6) is 0.269. The largest absolute Gasteiger partial charge is 0.357 e. The third-order valence-corrected chi connectivity index (χ3v) is 5.85. The summed E-state index contributed by atoms with van der Waals surface area (Å²) >= 11 is 0. The summed E-state index contributed by atoms with van der Waals surface area (Å²) in [5.41, 5.74) is 2.78. The lowest BCUT2D eigenvalue weighted by atomic mass is 9.73. The molecule has 0 aromatic carbocycles. The van der Waals surface area contributed by atoms with Crippen molar-refractivity contribution in [3.63, 3.8) is 0 Å². The van der Waals surface area contributed by atoms with E-state index in [-0.39, 0.29) is 17.2 Å². The van der Waals surface area contributed by atoms with Crippen LogP contribution in [-0.2, 0) is 11.3 Å². The minimum Gasteiger partial charge on any atom is -0.357 e. The fourth-order valence-electron chi connectivity index (χ4n) is 4.47. The number of amides is 2. The molecule has 6 heteroatoms. The highest BCUT2D eigenvalue weighted by atomic mass is 16.2. The summed E-state index contributed by atoms with van der Waals surface area (Å²) in [7, 11) is 0. The quantitative estimate of drug-likeness (QED) is 0.908. The van der Waals surface area contributed by atoms with Crippen molar-refractivity contribution in [1.29, 1.82) is 0 Å². The zero-order valence-electron chi connectivity index (χ0n) is 15.8. The van der Waals surface area contributed by atoms with Crippen LogP contribution in [0.5, 0.6) is 0 Å². The maximum absolute atomic E-state index is 12.9. The van der Waals surface area contributed by atoms with Crippen LogP contribution in [0.2, 0.25) is 0 Å². The lowest BCUT2D eigenvalue weighted by Crippen LogP contribution is -2.54. The molecule has 1 spiro atoms. The number of nitrogens with one attached hydrogen (secondary N) is 1. The number of hydrogen-bond acceptors (Lipinski definition) is 3. The van der Waals surface area contributed by atoms with Crippen molar-refractivity contribution in [3.8, 4) is 0 Å². The van der Waals surface area contributed by atoms with Gasteiger partial charge < -0.3 is 14.8 Å². The second-order valence-electron chi connectivity index (χ2n) is 8.03. The second kappa shape index (κ2) is 7.18. The number of aromatic nitrogens is 2. The van der Waals surface area contributed by atoms with E-state index in [1.165, 1.54) is 0 Å². The molecule has 4 rings (SSSR count). The molecule has 1 atom stereocenters. The molecule has 2 saturated heterocycles. The summed E-state index contributed by atoms with van der Waals surface area (Å²) in [6.45, 7) is 4.80. The highest BCUT2D eigenvalue weighted by molar-refractivity contribution is 5.92. The average Bonchev–Trinajstić information content (AvgIpc) is 3.12. The number of likely N-dealkylation sites (tertiary alicyclic amines) is 2.